The van der Waals surface area contributed by atoms with Gasteiger partial charge < -0.3 is 0 Å². The number of hydrogen-bond acceptors (Lipinski definition) is 3. The van der Waals surface area contributed by atoms with E-state index in [1.165, 1.54) is 5.56 Å². The lowest BCUT2D eigenvalue weighted by Gasteiger charge is -2.06. The van der Waals surface area contributed by atoms with Gasteiger partial charge in [0.25, 0.3) is 10.1 Å². The Balaban J connectivity index is 2.65. The molecule has 0 aliphatic carbocycles. The van der Waals surface area contributed by atoms with Crippen LogP contribution in [0.1, 0.15) is 30.9 Å². The zero-order chi connectivity index (χ0) is 11.5. The molecule has 0 radical (unpaired) electrons. The lowest BCUT2D eigenvalue weighted by Crippen LogP contribution is -2.02. The van der Waals surface area contributed by atoms with Crippen LogP contribution >= 0.6 is 0 Å². The first-order valence-corrected chi connectivity index (χ1v) is 6.63. The molecule has 0 aromatic heterocycles. The van der Waals surface area contributed by atoms with Gasteiger partial charge in [0.2, 0.25) is 0 Å². The van der Waals surface area contributed by atoms with Crippen LogP contribution in [0.2, 0.25) is 0 Å². The van der Waals surface area contributed by atoms with Gasteiger partial charge in [-0.1, -0.05) is 38.1 Å². The second-order valence-corrected chi connectivity index (χ2v) is 5.51. The quantitative estimate of drug-likeness (QED) is 0.743. The molecule has 1 rings (SSSR count). The molecule has 0 saturated carbocycles. The van der Waals surface area contributed by atoms with Gasteiger partial charge in [0.15, 0.2) is 0 Å². The highest BCUT2D eigenvalue weighted by Gasteiger charge is 2.03. The van der Waals surface area contributed by atoms with Crippen molar-refractivity contribution >= 4 is 10.1 Å². The largest absolute Gasteiger partial charge is 0.265 e. The Morgan fingerprint density at radius 2 is 1.73 bits per heavy atom. The molecule has 3 nitrogen and oxygen atoms in total. The van der Waals surface area contributed by atoms with Crippen molar-refractivity contribution in [3.05, 3.63) is 35.4 Å². The van der Waals surface area contributed by atoms with Crippen molar-refractivity contribution in [3.8, 4) is 0 Å². The van der Waals surface area contributed by atoms with E-state index in [9.17, 15) is 8.42 Å². The Morgan fingerprint density at radius 3 is 2.13 bits per heavy atom. The molecule has 0 amide bonds. The molecule has 0 aliphatic rings. The summed E-state index contributed by atoms with van der Waals surface area (Å²) in [4.78, 5) is 0. The number of rotatable bonds is 4. The summed E-state index contributed by atoms with van der Waals surface area (Å²) in [6, 6.07) is 7.76. The summed E-state index contributed by atoms with van der Waals surface area (Å²) in [5.74, 6) is 0.481. The number of benzene rings is 1. The maximum atomic E-state index is 10.8. The van der Waals surface area contributed by atoms with Crippen LogP contribution in [0.5, 0.6) is 0 Å². The Labute approximate surface area is 91.2 Å². The van der Waals surface area contributed by atoms with Crippen molar-refractivity contribution < 1.29 is 12.6 Å². The fourth-order valence-corrected chi connectivity index (χ4v) is 1.52. The molecule has 0 atom stereocenters. The van der Waals surface area contributed by atoms with Gasteiger partial charge in [0.1, 0.15) is 0 Å². The molecular formula is C11H16O3S. The molecule has 0 saturated heterocycles. The normalized spacial score (nSPS) is 12.0. The average Bonchev–Trinajstić information content (AvgIpc) is 2.14. The summed E-state index contributed by atoms with van der Waals surface area (Å²) in [6.07, 6.45) is 1.05. The van der Waals surface area contributed by atoms with Gasteiger partial charge in [0, 0.05) is 0 Å². The Morgan fingerprint density at radius 1 is 1.20 bits per heavy atom. The van der Waals surface area contributed by atoms with E-state index in [0.717, 1.165) is 11.8 Å². The van der Waals surface area contributed by atoms with Crippen molar-refractivity contribution in [1.82, 2.24) is 0 Å². The molecule has 0 N–H and O–H groups in total. The topological polar surface area (TPSA) is 43.4 Å². The van der Waals surface area contributed by atoms with Crippen LogP contribution in [0.25, 0.3) is 0 Å². The van der Waals surface area contributed by atoms with Crippen LogP contribution in [0, 0.1) is 0 Å². The summed E-state index contributed by atoms with van der Waals surface area (Å²) in [5.41, 5.74) is 2.10. The van der Waals surface area contributed by atoms with Gasteiger partial charge in [-0.2, -0.15) is 8.42 Å². The summed E-state index contributed by atoms with van der Waals surface area (Å²) >= 11 is 0. The third-order valence-corrected chi connectivity index (χ3v) is 2.63. The van der Waals surface area contributed by atoms with E-state index in [4.69, 9.17) is 0 Å². The summed E-state index contributed by atoms with van der Waals surface area (Å²) in [5, 5.41) is 0. The summed E-state index contributed by atoms with van der Waals surface area (Å²) in [7, 11) is -3.35. The molecule has 0 unspecified atom stereocenters. The zero-order valence-electron chi connectivity index (χ0n) is 9.23. The first-order valence-electron chi connectivity index (χ1n) is 4.82. The first kappa shape index (κ1) is 12.2. The highest BCUT2D eigenvalue weighted by molar-refractivity contribution is 7.85. The van der Waals surface area contributed by atoms with Crippen LogP contribution in [0.4, 0.5) is 0 Å². The van der Waals surface area contributed by atoms with Crippen molar-refractivity contribution in [2.75, 3.05) is 6.26 Å². The number of hydrogen-bond donors (Lipinski definition) is 0. The predicted octanol–water partition coefficient (Wildman–Crippen LogP) is 2.29. The van der Waals surface area contributed by atoms with Crippen molar-refractivity contribution in [3.63, 3.8) is 0 Å². The fourth-order valence-electron chi connectivity index (χ4n) is 1.17. The fraction of sp³-hybridized carbons (Fsp3) is 0.455. The third-order valence-electron chi connectivity index (χ3n) is 2.09. The van der Waals surface area contributed by atoms with E-state index in [1.807, 2.05) is 24.3 Å². The molecule has 4 heteroatoms. The lowest BCUT2D eigenvalue weighted by molar-refractivity contribution is 0.311. The van der Waals surface area contributed by atoms with Gasteiger partial charge >= 0.3 is 0 Å². The van der Waals surface area contributed by atoms with E-state index in [-0.39, 0.29) is 6.61 Å². The standard InChI is InChI=1S/C11H16O3S/c1-9(2)11-6-4-10(5-7-11)8-14-15(3,12)13/h4-7,9H,8H2,1-3H3. The second-order valence-electron chi connectivity index (χ2n) is 3.86. The first-order chi connectivity index (χ1) is 6.88. The van der Waals surface area contributed by atoms with E-state index in [1.54, 1.807) is 0 Å². The molecular weight excluding hydrogens is 212 g/mol. The van der Waals surface area contributed by atoms with Gasteiger partial charge in [-0.05, 0) is 17.0 Å². The Kier molecular flexibility index (Phi) is 3.88. The summed E-state index contributed by atoms with van der Waals surface area (Å²) in [6.45, 7) is 4.33. The monoisotopic (exact) mass is 228 g/mol. The van der Waals surface area contributed by atoms with E-state index >= 15 is 0 Å². The van der Waals surface area contributed by atoms with Gasteiger partial charge in [-0.15, -0.1) is 0 Å². The van der Waals surface area contributed by atoms with Crippen molar-refractivity contribution in [2.45, 2.75) is 26.4 Å². The smallest absolute Gasteiger partial charge is 0.264 e. The van der Waals surface area contributed by atoms with Crippen LogP contribution in [0.3, 0.4) is 0 Å². The SMILES string of the molecule is CC(C)c1ccc(COS(C)(=O)=O)cc1. The van der Waals surface area contributed by atoms with Crippen LogP contribution in [-0.4, -0.2) is 14.7 Å². The minimum atomic E-state index is -3.35. The van der Waals surface area contributed by atoms with Crippen LogP contribution < -0.4 is 0 Å². The summed E-state index contributed by atoms with van der Waals surface area (Å²) < 4.78 is 26.2. The second kappa shape index (κ2) is 4.77. The minimum Gasteiger partial charge on any atom is -0.265 e. The highest BCUT2D eigenvalue weighted by Crippen LogP contribution is 2.15. The van der Waals surface area contributed by atoms with Crippen molar-refractivity contribution in [1.29, 1.82) is 0 Å². The molecule has 1 aromatic rings. The predicted molar refractivity (Wildman–Crippen MR) is 60.2 cm³/mol. The molecule has 0 aliphatic heterocycles. The van der Waals surface area contributed by atoms with Crippen LogP contribution in [0.15, 0.2) is 24.3 Å². The molecule has 0 bridgehead atoms. The average molecular weight is 228 g/mol. The molecule has 0 spiro atoms. The van der Waals surface area contributed by atoms with Crippen LogP contribution in [-0.2, 0) is 20.9 Å². The molecule has 15 heavy (non-hydrogen) atoms. The zero-order valence-corrected chi connectivity index (χ0v) is 10.0. The van der Waals surface area contributed by atoms with Crippen molar-refractivity contribution in [2.24, 2.45) is 0 Å². The van der Waals surface area contributed by atoms with Gasteiger partial charge in [-0.25, -0.2) is 0 Å². The molecule has 84 valence electrons. The maximum absolute atomic E-state index is 10.8. The third kappa shape index (κ3) is 4.44. The van der Waals surface area contributed by atoms with E-state index in [0.29, 0.717) is 5.92 Å². The van der Waals surface area contributed by atoms with Gasteiger partial charge in [-0.3, -0.25) is 4.18 Å². The van der Waals surface area contributed by atoms with E-state index < -0.39 is 10.1 Å². The Hall–Kier alpha value is -0.870. The van der Waals surface area contributed by atoms with E-state index in [2.05, 4.69) is 18.0 Å². The molecule has 1 aromatic carbocycles. The van der Waals surface area contributed by atoms with Gasteiger partial charge in [0.05, 0.1) is 12.9 Å². The highest BCUT2D eigenvalue weighted by atomic mass is 32.2. The molecule has 0 heterocycles. The Bertz CT molecular complexity index is 404. The molecule has 0 fully saturated rings. The minimum absolute atomic E-state index is 0.108. The lowest BCUT2D eigenvalue weighted by atomic mass is 10.0. The maximum Gasteiger partial charge on any atom is 0.264 e.